The van der Waals surface area contributed by atoms with Crippen LogP contribution in [0.1, 0.15) is 40.7 Å². The first-order valence-corrected chi connectivity index (χ1v) is 15.1. The molecule has 1 atom stereocenters. The molecule has 2 aromatic carbocycles. The van der Waals surface area contributed by atoms with Crippen molar-refractivity contribution in [1.82, 2.24) is 19.5 Å². The maximum Gasteiger partial charge on any atom is 0.253 e. The zero-order valence-electron chi connectivity index (χ0n) is 24.1. The van der Waals surface area contributed by atoms with Gasteiger partial charge in [0, 0.05) is 49.3 Å². The maximum absolute atomic E-state index is 12.3. The molecule has 42 heavy (non-hydrogen) atoms. The summed E-state index contributed by atoms with van der Waals surface area (Å²) in [5.74, 6) is 2.12. The van der Waals surface area contributed by atoms with Crippen LogP contribution in [-0.2, 0) is 11.3 Å². The number of fused-ring (bicyclic) bond motifs is 2. The number of aromatic nitrogens is 3. The van der Waals surface area contributed by atoms with Crippen molar-refractivity contribution < 1.29 is 23.4 Å². The van der Waals surface area contributed by atoms with Crippen molar-refractivity contribution in [2.24, 2.45) is 0 Å². The van der Waals surface area contributed by atoms with Crippen LogP contribution >= 0.6 is 23.1 Å². The van der Waals surface area contributed by atoms with Crippen LogP contribution in [0.5, 0.6) is 11.5 Å². The first-order chi connectivity index (χ1) is 20.2. The Balaban J connectivity index is 1.27. The van der Waals surface area contributed by atoms with Crippen LogP contribution in [0.3, 0.4) is 0 Å². The number of methoxy groups -OCH3 is 2. The minimum Gasteiger partial charge on any atom is -0.496 e. The number of carbonyl (C=O) groups is 1. The minimum absolute atomic E-state index is 0.0306. The number of amides is 1. The molecule has 0 bridgehead atoms. The normalized spacial score (nSPS) is 14.3. The van der Waals surface area contributed by atoms with Gasteiger partial charge in [-0.25, -0.2) is 14.6 Å². The van der Waals surface area contributed by atoms with E-state index in [0.29, 0.717) is 34.1 Å². The van der Waals surface area contributed by atoms with Gasteiger partial charge in [0.1, 0.15) is 34.4 Å². The second-order valence-corrected chi connectivity index (χ2v) is 12.4. The molecule has 3 aromatic heterocycles. The van der Waals surface area contributed by atoms with Gasteiger partial charge in [0.25, 0.3) is 5.91 Å². The Bertz CT molecular complexity index is 1730. The molecule has 6 rings (SSSR count). The summed E-state index contributed by atoms with van der Waals surface area (Å²) >= 11 is 3.13. The molecule has 0 aliphatic carbocycles. The lowest BCUT2D eigenvalue weighted by atomic mass is 10.1. The topological polar surface area (TPSA) is 104 Å². The van der Waals surface area contributed by atoms with E-state index in [9.17, 15) is 4.79 Å². The molecule has 0 saturated heterocycles. The first-order valence-electron chi connectivity index (χ1n) is 13.4. The molecule has 1 aliphatic heterocycles. The third-order valence-electron chi connectivity index (χ3n) is 6.81. The van der Waals surface area contributed by atoms with Gasteiger partial charge in [-0.3, -0.25) is 10.2 Å². The Morgan fingerprint density at radius 1 is 1.14 bits per heavy atom. The Labute approximate surface area is 251 Å². The fraction of sp³-hybridized carbons (Fsp3) is 0.300. The van der Waals surface area contributed by atoms with Gasteiger partial charge < -0.3 is 23.5 Å². The van der Waals surface area contributed by atoms with Crippen molar-refractivity contribution in [1.29, 1.82) is 0 Å². The molecule has 4 heterocycles. The number of benzene rings is 2. The molecule has 10 nitrogen and oxygen atoms in total. The summed E-state index contributed by atoms with van der Waals surface area (Å²) < 4.78 is 25.3. The predicted octanol–water partition coefficient (Wildman–Crippen LogP) is 6.41. The van der Waals surface area contributed by atoms with Crippen molar-refractivity contribution >= 4 is 40.0 Å². The van der Waals surface area contributed by atoms with Gasteiger partial charge >= 0.3 is 0 Å². The molecule has 0 fully saturated rings. The van der Waals surface area contributed by atoms with Crippen molar-refractivity contribution in [3.05, 3.63) is 64.8 Å². The molecule has 5 aromatic rings. The summed E-state index contributed by atoms with van der Waals surface area (Å²) in [7, 11) is 6.76. The molecular weight excluding hydrogens is 574 g/mol. The van der Waals surface area contributed by atoms with Crippen LogP contribution in [0.15, 0.2) is 58.2 Å². The maximum atomic E-state index is 12.3. The highest BCUT2D eigenvalue weighted by Gasteiger charge is 2.25. The first kappa shape index (κ1) is 28.1. The summed E-state index contributed by atoms with van der Waals surface area (Å²) in [4.78, 5) is 24.7. The largest absolute Gasteiger partial charge is 0.496 e. The molecule has 1 unspecified atom stereocenters. The Morgan fingerprint density at radius 2 is 1.93 bits per heavy atom. The Morgan fingerprint density at radius 3 is 2.60 bits per heavy atom. The van der Waals surface area contributed by atoms with E-state index in [2.05, 4.69) is 19.3 Å². The lowest BCUT2D eigenvalue weighted by Crippen LogP contribution is -2.21. The van der Waals surface area contributed by atoms with Gasteiger partial charge in [0.05, 0.1) is 24.4 Å². The number of rotatable bonds is 9. The van der Waals surface area contributed by atoms with E-state index in [4.69, 9.17) is 28.6 Å². The molecular formula is C30H31N5O5S2. The minimum atomic E-state index is -0.171. The lowest BCUT2D eigenvalue weighted by Gasteiger charge is -2.10. The smallest absolute Gasteiger partial charge is 0.253 e. The summed E-state index contributed by atoms with van der Waals surface area (Å²) in [5.41, 5.74) is 6.85. The second-order valence-electron chi connectivity index (χ2n) is 10.3. The highest BCUT2D eigenvalue weighted by Crippen LogP contribution is 2.39. The van der Waals surface area contributed by atoms with E-state index >= 15 is 0 Å². The zero-order valence-corrected chi connectivity index (χ0v) is 25.8. The van der Waals surface area contributed by atoms with Gasteiger partial charge in [0.2, 0.25) is 0 Å². The number of carbonyl (C=O) groups excluding carboxylic acids is 1. The van der Waals surface area contributed by atoms with Crippen LogP contribution in [0, 0.1) is 0 Å². The van der Waals surface area contributed by atoms with Gasteiger partial charge in [-0.05, 0) is 35.9 Å². The molecule has 12 heteroatoms. The van der Waals surface area contributed by atoms with Crippen LogP contribution in [0.25, 0.3) is 33.0 Å². The standard InChI is InChI=1S/C30H31N5O5S2/c1-16(2)26-22(31-27(41-26)17-7-9-18(10-8-17)28(36)34(3)4)15-39-23-11-19(37-5)12-24-20(23)13-25(40-24)21-14-35-29(32-21)42-30(33-35)38-6/h7-14,16,30,33H,15H2,1-6H3. The predicted molar refractivity (Wildman–Crippen MR) is 164 cm³/mol. The van der Waals surface area contributed by atoms with Crippen LogP contribution in [-0.4, -0.2) is 59.3 Å². The fourth-order valence-corrected chi connectivity index (χ4v) is 6.54. The number of hydrogen-bond donors (Lipinski definition) is 1. The molecule has 0 saturated carbocycles. The summed E-state index contributed by atoms with van der Waals surface area (Å²) in [6.45, 7) is 4.58. The molecule has 0 radical (unpaired) electrons. The van der Waals surface area contributed by atoms with E-state index in [1.165, 1.54) is 11.8 Å². The van der Waals surface area contributed by atoms with Gasteiger partial charge in [0.15, 0.2) is 16.5 Å². The lowest BCUT2D eigenvalue weighted by molar-refractivity contribution is 0.0827. The number of nitrogens with one attached hydrogen (secondary N) is 1. The number of nitrogens with zero attached hydrogens (tertiary/aromatic N) is 4. The second kappa shape index (κ2) is 11.3. The van der Waals surface area contributed by atoms with E-state index < -0.39 is 0 Å². The fourth-order valence-electron chi connectivity index (χ4n) is 4.64. The Kier molecular flexibility index (Phi) is 7.60. The average molecular weight is 606 g/mol. The molecule has 1 amide bonds. The molecule has 1 N–H and O–H groups in total. The average Bonchev–Trinajstić information content (AvgIpc) is 3.76. The van der Waals surface area contributed by atoms with E-state index in [0.717, 1.165) is 31.7 Å². The number of hydrogen-bond acceptors (Lipinski definition) is 10. The van der Waals surface area contributed by atoms with E-state index in [-0.39, 0.29) is 24.0 Å². The van der Waals surface area contributed by atoms with Gasteiger partial charge in [-0.2, -0.15) is 0 Å². The Hall–Kier alpha value is -4.00. The summed E-state index contributed by atoms with van der Waals surface area (Å²) in [6.07, 6.45) is 1.88. The number of thiazole rings is 1. The van der Waals surface area contributed by atoms with Gasteiger partial charge in [-0.1, -0.05) is 26.0 Å². The summed E-state index contributed by atoms with van der Waals surface area (Å²) in [6, 6.07) is 13.2. The van der Waals surface area contributed by atoms with Crippen molar-refractivity contribution in [3.8, 4) is 33.5 Å². The van der Waals surface area contributed by atoms with Crippen molar-refractivity contribution in [2.75, 3.05) is 33.7 Å². The SMILES string of the molecule is COc1cc(OCc2nc(-c3ccc(C(=O)N(C)C)cc3)sc2C(C)C)c2cc(-c3cn4c(n3)SC(OC)N4)oc2c1. The highest BCUT2D eigenvalue weighted by molar-refractivity contribution is 7.99. The summed E-state index contributed by atoms with van der Waals surface area (Å²) in [5, 5.41) is 2.50. The van der Waals surface area contributed by atoms with Gasteiger partial charge in [-0.15, -0.1) is 11.3 Å². The zero-order chi connectivity index (χ0) is 29.5. The van der Waals surface area contributed by atoms with Crippen LogP contribution in [0.2, 0.25) is 0 Å². The highest BCUT2D eigenvalue weighted by atomic mass is 32.2. The number of furan rings is 1. The van der Waals surface area contributed by atoms with Crippen molar-refractivity contribution in [2.45, 2.75) is 37.1 Å². The van der Waals surface area contributed by atoms with E-state index in [1.807, 2.05) is 53.3 Å². The number of ether oxygens (including phenoxy) is 3. The van der Waals surface area contributed by atoms with E-state index in [1.54, 1.807) is 44.6 Å². The molecule has 218 valence electrons. The molecule has 0 spiro atoms. The van der Waals surface area contributed by atoms with Crippen molar-refractivity contribution in [3.63, 3.8) is 0 Å². The van der Waals surface area contributed by atoms with Crippen LogP contribution in [0.4, 0.5) is 0 Å². The third-order valence-corrected chi connectivity index (χ3v) is 9.27. The van der Waals surface area contributed by atoms with Crippen LogP contribution < -0.4 is 14.9 Å². The molecule has 1 aliphatic rings. The third kappa shape index (κ3) is 5.33. The quantitative estimate of drug-likeness (QED) is 0.204. The monoisotopic (exact) mass is 605 g/mol. The number of imidazole rings is 1. The number of thioether (sulfide) groups is 1.